The van der Waals surface area contributed by atoms with E-state index in [2.05, 4.69) is 33.1 Å². The molecule has 0 aliphatic heterocycles. The average molecular weight is 227 g/mol. The molecule has 0 spiro atoms. The quantitative estimate of drug-likeness (QED) is 0.502. The Bertz CT molecular complexity index is 133. The zero-order chi connectivity index (χ0) is 12.2. The molecule has 0 bridgehead atoms. The van der Waals surface area contributed by atoms with Crippen molar-refractivity contribution in [2.24, 2.45) is 5.92 Å². The first-order valence-corrected chi connectivity index (χ1v) is 7.45. The summed E-state index contributed by atoms with van der Waals surface area (Å²) in [6.45, 7) is 6.92. The van der Waals surface area contributed by atoms with Crippen LogP contribution >= 0.6 is 0 Å². The highest BCUT2D eigenvalue weighted by Crippen LogP contribution is 2.20. The van der Waals surface area contributed by atoms with Gasteiger partial charge in [-0.05, 0) is 25.8 Å². The smallest absolute Gasteiger partial charge is 0.00667 e. The molecule has 0 aromatic rings. The van der Waals surface area contributed by atoms with Crippen molar-refractivity contribution < 1.29 is 0 Å². The summed E-state index contributed by atoms with van der Waals surface area (Å²) in [4.78, 5) is 0. The fourth-order valence-corrected chi connectivity index (χ4v) is 2.40. The summed E-state index contributed by atoms with van der Waals surface area (Å²) in [5, 5.41) is 3.50. The Kier molecular flexibility index (Phi) is 11.4. The highest BCUT2D eigenvalue weighted by Gasteiger charge is 2.13. The maximum atomic E-state index is 3.50. The number of unbranched alkanes of at least 4 members (excludes halogenated alkanes) is 3. The van der Waals surface area contributed by atoms with Crippen LogP contribution in [0.4, 0.5) is 0 Å². The molecule has 98 valence electrons. The van der Waals surface area contributed by atoms with E-state index in [0.29, 0.717) is 0 Å². The summed E-state index contributed by atoms with van der Waals surface area (Å²) in [6, 6.07) is 0.758. The van der Waals surface area contributed by atoms with Crippen molar-refractivity contribution >= 4 is 0 Å². The first-order chi connectivity index (χ1) is 7.78. The molecule has 1 heteroatoms. The van der Waals surface area contributed by atoms with E-state index in [-0.39, 0.29) is 0 Å². The second-order valence-corrected chi connectivity index (χ2v) is 5.13. The molecule has 0 amide bonds. The summed E-state index contributed by atoms with van der Waals surface area (Å²) in [5.41, 5.74) is 0. The largest absolute Gasteiger partial charge is 0.317 e. The fraction of sp³-hybridized carbons (Fsp3) is 1.00. The number of rotatable bonds is 11. The molecule has 0 radical (unpaired) electrons. The minimum absolute atomic E-state index is 0.758. The molecule has 2 unspecified atom stereocenters. The van der Waals surface area contributed by atoms with Gasteiger partial charge in [0, 0.05) is 6.04 Å². The number of hydrogen-bond donors (Lipinski definition) is 1. The van der Waals surface area contributed by atoms with E-state index in [9.17, 15) is 0 Å². The van der Waals surface area contributed by atoms with Crippen molar-refractivity contribution in [3.8, 4) is 0 Å². The first kappa shape index (κ1) is 16.0. The Morgan fingerprint density at radius 1 is 0.875 bits per heavy atom. The van der Waals surface area contributed by atoms with Gasteiger partial charge in [-0.1, -0.05) is 65.7 Å². The lowest BCUT2D eigenvalue weighted by Gasteiger charge is -2.22. The Morgan fingerprint density at radius 2 is 1.56 bits per heavy atom. The monoisotopic (exact) mass is 227 g/mol. The van der Waals surface area contributed by atoms with Crippen LogP contribution in [0.25, 0.3) is 0 Å². The molecule has 0 aromatic heterocycles. The second-order valence-electron chi connectivity index (χ2n) is 5.13. The van der Waals surface area contributed by atoms with E-state index in [4.69, 9.17) is 0 Å². The first-order valence-electron chi connectivity index (χ1n) is 7.45. The van der Waals surface area contributed by atoms with Crippen molar-refractivity contribution in [3.05, 3.63) is 0 Å². The van der Waals surface area contributed by atoms with Crippen LogP contribution in [0.5, 0.6) is 0 Å². The van der Waals surface area contributed by atoms with Gasteiger partial charge in [0.2, 0.25) is 0 Å². The van der Waals surface area contributed by atoms with E-state index in [1.54, 1.807) is 0 Å². The van der Waals surface area contributed by atoms with E-state index < -0.39 is 0 Å². The van der Waals surface area contributed by atoms with Crippen LogP contribution < -0.4 is 5.32 Å². The van der Waals surface area contributed by atoms with Gasteiger partial charge in [-0.15, -0.1) is 0 Å². The topological polar surface area (TPSA) is 12.0 Å². The Labute approximate surface area is 103 Å². The predicted molar refractivity (Wildman–Crippen MR) is 74.9 cm³/mol. The molecular weight excluding hydrogens is 194 g/mol. The molecule has 0 aromatic carbocycles. The molecule has 0 aliphatic rings. The normalized spacial score (nSPS) is 15.0. The number of hydrogen-bond acceptors (Lipinski definition) is 1. The highest BCUT2D eigenvalue weighted by atomic mass is 14.9. The van der Waals surface area contributed by atoms with Gasteiger partial charge in [0.05, 0.1) is 0 Å². The van der Waals surface area contributed by atoms with Gasteiger partial charge in [-0.3, -0.25) is 0 Å². The third-order valence-electron chi connectivity index (χ3n) is 3.73. The molecule has 1 nitrogen and oxygen atoms in total. The third kappa shape index (κ3) is 8.15. The molecule has 0 fully saturated rings. The molecule has 0 saturated heterocycles. The minimum atomic E-state index is 0.758. The van der Waals surface area contributed by atoms with Crippen molar-refractivity contribution in [1.29, 1.82) is 0 Å². The van der Waals surface area contributed by atoms with Gasteiger partial charge in [0.25, 0.3) is 0 Å². The fourth-order valence-electron chi connectivity index (χ4n) is 2.40. The molecule has 2 atom stereocenters. The lowest BCUT2D eigenvalue weighted by Crippen LogP contribution is -2.27. The second kappa shape index (κ2) is 11.4. The molecule has 0 rings (SSSR count). The molecular formula is C15H33N. The molecule has 0 heterocycles. The van der Waals surface area contributed by atoms with Crippen LogP contribution in [-0.4, -0.2) is 13.1 Å². The summed E-state index contributed by atoms with van der Waals surface area (Å²) in [6.07, 6.45) is 12.4. The van der Waals surface area contributed by atoms with E-state index in [1.165, 1.54) is 57.8 Å². The lowest BCUT2D eigenvalue weighted by molar-refractivity contribution is 0.343. The van der Waals surface area contributed by atoms with Gasteiger partial charge in [0.1, 0.15) is 0 Å². The summed E-state index contributed by atoms with van der Waals surface area (Å²) in [7, 11) is 2.13. The van der Waals surface area contributed by atoms with Gasteiger partial charge < -0.3 is 5.32 Å². The number of nitrogens with one attached hydrogen (secondary N) is 1. The SMILES string of the molecule is CCCCCC(CC(CC)CCCC)NC. The maximum absolute atomic E-state index is 3.50. The van der Waals surface area contributed by atoms with Gasteiger partial charge >= 0.3 is 0 Å². The van der Waals surface area contributed by atoms with Crippen LogP contribution in [0.3, 0.4) is 0 Å². The van der Waals surface area contributed by atoms with E-state index in [1.807, 2.05) is 0 Å². The summed E-state index contributed by atoms with van der Waals surface area (Å²) in [5.74, 6) is 0.944. The van der Waals surface area contributed by atoms with E-state index >= 15 is 0 Å². The van der Waals surface area contributed by atoms with Crippen LogP contribution in [-0.2, 0) is 0 Å². The van der Waals surface area contributed by atoms with Crippen molar-refractivity contribution in [2.45, 2.75) is 84.6 Å². The van der Waals surface area contributed by atoms with Crippen LogP contribution in [0.1, 0.15) is 78.6 Å². The zero-order valence-corrected chi connectivity index (χ0v) is 12.0. The maximum Gasteiger partial charge on any atom is 0.00667 e. The highest BCUT2D eigenvalue weighted by molar-refractivity contribution is 4.70. The molecule has 16 heavy (non-hydrogen) atoms. The van der Waals surface area contributed by atoms with Gasteiger partial charge in [-0.25, -0.2) is 0 Å². The van der Waals surface area contributed by atoms with Crippen molar-refractivity contribution in [3.63, 3.8) is 0 Å². The summed E-state index contributed by atoms with van der Waals surface area (Å²) >= 11 is 0. The van der Waals surface area contributed by atoms with Crippen molar-refractivity contribution in [2.75, 3.05) is 7.05 Å². The predicted octanol–water partition coefficient (Wildman–Crippen LogP) is 4.76. The zero-order valence-electron chi connectivity index (χ0n) is 12.0. The molecule has 1 N–H and O–H groups in total. The van der Waals surface area contributed by atoms with E-state index in [0.717, 1.165) is 12.0 Å². The Morgan fingerprint density at radius 3 is 2.06 bits per heavy atom. The molecule has 0 saturated carbocycles. The van der Waals surface area contributed by atoms with Crippen LogP contribution in [0.15, 0.2) is 0 Å². The third-order valence-corrected chi connectivity index (χ3v) is 3.73. The standard InChI is InChI=1S/C15H33N/c1-5-8-10-12-15(16-4)13-14(7-3)11-9-6-2/h14-16H,5-13H2,1-4H3. The van der Waals surface area contributed by atoms with Crippen molar-refractivity contribution in [1.82, 2.24) is 5.32 Å². The van der Waals surface area contributed by atoms with Gasteiger partial charge in [-0.2, -0.15) is 0 Å². The molecule has 0 aliphatic carbocycles. The lowest BCUT2D eigenvalue weighted by atomic mass is 9.90. The van der Waals surface area contributed by atoms with Gasteiger partial charge in [0.15, 0.2) is 0 Å². The summed E-state index contributed by atoms with van der Waals surface area (Å²) < 4.78 is 0. The minimum Gasteiger partial charge on any atom is -0.317 e. The van der Waals surface area contributed by atoms with Crippen LogP contribution in [0.2, 0.25) is 0 Å². The Balaban J connectivity index is 3.77. The average Bonchev–Trinajstić information content (AvgIpc) is 2.32. The Hall–Kier alpha value is -0.0400. The van der Waals surface area contributed by atoms with Crippen LogP contribution in [0, 0.1) is 5.92 Å².